The van der Waals surface area contributed by atoms with Crippen molar-refractivity contribution < 1.29 is 23.0 Å². The lowest BCUT2D eigenvalue weighted by molar-refractivity contribution is -0.274. The summed E-state index contributed by atoms with van der Waals surface area (Å²) in [6.45, 7) is 2.04. The number of aryl methyl sites for hydroxylation is 1. The Balaban J connectivity index is 1.80. The molecule has 1 aromatic heterocycles. The van der Waals surface area contributed by atoms with Crippen LogP contribution in [0.5, 0.6) is 11.6 Å². The van der Waals surface area contributed by atoms with Crippen LogP contribution in [0.25, 0.3) is 10.9 Å². The van der Waals surface area contributed by atoms with E-state index in [0.29, 0.717) is 11.2 Å². The van der Waals surface area contributed by atoms with Crippen LogP contribution in [-0.2, 0) is 6.42 Å². The first-order chi connectivity index (χ1) is 13.2. The van der Waals surface area contributed by atoms with E-state index < -0.39 is 12.1 Å². The van der Waals surface area contributed by atoms with E-state index in [1.165, 1.54) is 11.6 Å². The third-order valence-electron chi connectivity index (χ3n) is 3.81. The minimum Gasteiger partial charge on any atom is -0.493 e. The topological polar surface area (TPSA) is 82.0 Å². The van der Waals surface area contributed by atoms with Gasteiger partial charge in [0.15, 0.2) is 5.69 Å². The van der Waals surface area contributed by atoms with Crippen LogP contribution in [0, 0.1) is 0 Å². The summed E-state index contributed by atoms with van der Waals surface area (Å²) < 4.78 is 41.1. The Bertz CT molecular complexity index is 1030. The first-order valence-corrected chi connectivity index (χ1v) is 8.58. The first kappa shape index (κ1) is 19.6. The highest BCUT2D eigenvalue weighted by molar-refractivity contribution is 7.80. The summed E-state index contributed by atoms with van der Waals surface area (Å²) in [6, 6.07) is 11.1. The number of rotatable bonds is 4. The first-order valence-electron chi connectivity index (χ1n) is 8.17. The minimum absolute atomic E-state index is 0.0284. The molecule has 3 N–H and O–H groups in total. The zero-order valence-corrected chi connectivity index (χ0v) is 15.4. The highest BCUT2D eigenvalue weighted by Gasteiger charge is 2.31. The molecule has 0 unspecified atom stereocenters. The van der Waals surface area contributed by atoms with Gasteiger partial charge in [-0.1, -0.05) is 19.1 Å². The molecule has 0 atom stereocenters. The molecule has 10 heteroatoms. The molecule has 0 amide bonds. The number of benzene rings is 2. The van der Waals surface area contributed by atoms with E-state index in [1.807, 2.05) is 31.2 Å². The normalized spacial score (nSPS) is 11.9. The third-order valence-corrected chi connectivity index (χ3v) is 4.00. The summed E-state index contributed by atoms with van der Waals surface area (Å²) in [4.78, 5) is 2.60. The van der Waals surface area contributed by atoms with Crippen molar-refractivity contribution in [2.24, 2.45) is 10.2 Å². The second-order valence-electron chi connectivity index (χ2n) is 5.76. The standard InChI is InChI=1S/C18H15F3N4O2S/c1-2-10-3-5-11(6-4-10)22-17(28)25-24-15-13-9-12(27-18(19,20)21)7-8-14(13)23-16(15)26/h3-9,23,26H,2H2,1H3,(H,22,28). The van der Waals surface area contributed by atoms with Gasteiger partial charge < -0.3 is 20.1 Å². The molecule has 0 aliphatic heterocycles. The molecular formula is C18H15F3N4O2S. The van der Waals surface area contributed by atoms with Crippen LogP contribution in [-0.4, -0.2) is 21.6 Å². The zero-order chi connectivity index (χ0) is 20.3. The molecule has 2 aromatic carbocycles. The Morgan fingerprint density at radius 2 is 1.93 bits per heavy atom. The van der Waals surface area contributed by atoms with Crippen LogP contribution < -0.4 is 10.1 Å². The quantitative estimate of drug-likeness (QED) is 0.376. The molecular weight excluding hydrogens is 393 g/mol. The number of fused-ring (bicyclic) bond motifs is 1. The van der Waals surface area contributed by atoms with Gasteiger partial charge in [0.1, 0.15) is 5.75 Å². The van der Waals surface area contributed by atoms with Gasteiger partial charge in [-0.05, 0) is 54.5 Å². The highest BCUT2D eigenvalue weighted by atomic mass is 32.1. The number of alkyl halides is 3. The Morgan fingerprint density at radius 1 is 1.21 bits per heavy atom. The number of ether oxygens (including phenoxy) is 1. The number of hydrogen-bond acceptors (Lipinski definition) is 4. The number of nitrogens with zero attached hydrogens (tertiary/aromatic N) is 2. The van der Waals surface area contributed by atoms with Gasteiger partial charge in [-0.15, -0.1) is 23.4 Å². The third kappa shape index (κ3) is 4.77. The van der Waals surface area contributed by atoms with Crippen molar-refractivity contribution in [3.8, 4) is 11.6 Å². The molecule has 6 nitrogen and oxygen atoms in total. The van der Waals surface area contributed by atoms with Gasteiger partial charge in [0.2, 0.25) is 11.0 Å². The number of aromatic hydroxyl groups is 1. The molecule has 3 rings (SSSR count). The lowest BCUT2D eigenvalue weighted by atomic mass is 10.1. The van der Waals surface area contributed by atoms with Crippen LogP contribution in [0.4, 0.5) is 24.5 Å². The summed E-state index contributed by atoms with van der Waals surface area (Å²) in [6.07, 6.45) is -3.92. The van der Waals surface area contributed by atoms with Crippen LogP contribution in [0.3, 0.4) is 0 Å². The fraction of sp³-hybridized carbons (Fsp3) is 0.167. The fourth-order valence-corrected chi connectivity index (χ4v) is 2.67. The van der Waals surface area contributed by atoms with E-state index >= 15 is 0 Å². The predicted molar refractivity (Wildman–Crippen MR) is 103 cm³/mol. The van der Waals surface area contributed by atoms with Gasteiger partial charge in [0, 0.05) is 11.1 Å². The van der Waals surface area contributed by atoms with Crippen molar-refractivity contribution in [1.29, 1.82) is 0 Å². The van der Waals surface area contributed by atoms with Crippen molar-refractivity contribution >= 4 is 39.6 Å². The van der Waals surface area contributed by atoms with E-state index in [9.17, 15) is 18.3 Å². The van der Waals surface area contributed by atoms with E-state index in [0.717, 1.165) is 18.6 Å². The van der Waals surface area contributed by atoms with Crippen LogP contribution in [0.2, 0.25) is 0 Å². The van der Waals surface area contributed by atoms with Crippen molar-refractivity contribution in [3.05, 3.63) is 48.0 Å². The van der Waals surface area contributed by atoms with Gasteiger partial charge in [0.25, 0.3) is 0 Å². The maximum atomic E-state index is 12.4. The number of nitrogens with one attached hydrogen (secondary N) is 2. The van der Waals surface area contributed by atoms with Crippen molar-refractivity contribution in [3.63, 3.8) is 0 Å². The van der Waals surface area contributed by atoms with E-state index in [2.05, 4.69) is 25.3 Å². The van der Waals surface area contributed by atoms with Crippen LogP contribution in [0.1, 0.15) is 12.5 Å². The number of aromatic amines is 1. The zero-order valence-electron chi connectivity index (χ0n) is 14.5. The highest BCUT2D eigenvalue weighted by Crippen LogP contribution is 2.38. The molecule has 0 radical (unpaired) electrons. The number of hydrogen-bond donors (Lipinski definition) is 3. The van der Waals surface area contributed by atoms with Crippen LogP contribution in [0.15, 0.2) is 52.7 Å². The molecule has 0 spiro atoms. The predicted octanol–water partition coefficient (Wildman–Crippen LogP) is 5.82. The second-order valence-corrected chi connectivity index (χ2v) is 6.14. The van der Waals surface area contributed by atoms with Gasteiger partial charge in [-0.3, -0.25) is 0 Å². The van der Waals surface area contributed by atoms with Crippen LogP contribution >= 0.6 is 12.2 Å². The minimum atomic E-state index is -4.83. The fourth-order valence-electron chi connectivity index (χ4n) is 2.51. The monoisotopic (exact) mass is 408 g/mol. The van der Waals surface area contributed by atoms with Gasteiger partial charge in [0.05, 0.1) is 5.52 Å². The summed E-state index contributed by atoms with van der Waals surface area (Å²) in [5.41, 5.74) is 2.20. The van der Waals surface area contributed by atoms with Crippen molar-refractivity contribution in [2.45, 2.75) is 19.7 Å². The molecule has 0 saturated carbocycles. The molecule has 0 fully saturated rings. The molecule has 0 bridgehead atoms. The van der Waals surface area contributed by atoms with Gasteiger partial charge in [-0.2, -0.15) is 0 Å². The lowest BCUT2D eigenvalue weighted by Gasteiger charge is -2.08. The molecule has 1 heterocycles. The lowest BCUT2D eigenvalue weighted by Crippen LogP contribution is -2.16. The Morgan fingerprint density at radius 3 is 2.57 bits per heavy atom. The SMILES string of the molecule is CCc1ccc(NC(=S)N=Nc2c(O)[nH]c3ccc(OC(F)(F)F)cc23)cc1. The largest absolute Gasteiger partial charge is 0.573 e. The summed E-state index contributed by atoms with van der Waals surface area (Å²) in [7, 11) is 0. The molecule has 28 heavy (non-hydrogen) atoms. The maximum Gasteiger partial charge on any atom is 0.573 e. The Kier molecular flexibility index (Phi) is 5.50. The number of H-pyrrole nitrogens is 1. The van der Waals surface area contributed by atoms with E-state index in [4.69, 9.17) is 12.2 Å². The molecule has 0 saturated heterocycles. The Labute approximate surface area is 163 Å². The van der Waals surface area contributed by atoms with Gasteiger partial charge >= 0.3 is 6.36 Å². The maximum absolute atomic E-state index is 12.4. The average Bonchev–Trinajstić information content (AvgIpc) is 2.94. The number of thiocarbonyl (C=S) groups is 1. The Hall–Kier alpha value is -3.14. The molecule has 0 aliphatic rings. The molecule has 146 valence electrons. The molecule has 0 aliphatic carbocycles. The van der Waals surface area contributed by atoms with E-state index in [-0.39, 0.29) is 22.1 Å². The number of aromatic nitrogens is 1. The number of azo groups is 1. The van der Waals surface area contributed by atoms with Crippen molar-refractivity contribution in [1.82, 2.24) is 4.98 Å². The van der Waals surface area contributed by atoms with Crippen molar-refractivity contribution in [2.75, 3.05) is 5.32 Å². The summed E-state index contributed by atoms with van der Waals surface area (Å²) in [5.74, 6) is -0.787. The smallest absolute Gasteiger partial charge is 0.493 e. The number of anilines is 1. The second kappa shape index (κ2) is 7.85. The number of halogens is 3. The summed E-state index contributed by atoms with van der Waals surface area (Å²) >= 11 is 5.10. The molecule has 3 aromatic rings. The van der Waals surface area contributed by atoms with Gasteiger partial charge in [-0.25, -0.2) is 0 Å². The van der Waals surface area contributed by atoms with E-state index in [1.54, 1.807) is 0 Å². The summed E-state index contributed by atoms with van der Waals surface area (Å²) in [5, 5.41) is 20.8. The average molecular weight is 408 g/mol.